The second kappa shape index (κ2) is 6.27. The molecule has 1 nitrogen and oxygen atoms in total. The molecule has 3 rings (SSSR count). The Hall–Kier alpha value is -0.540. The van der Waals surface area contributed by atoms with Gasteiger partial charge in [0.25, 0.3) is 0 Å². The van der Waals surface area contributed by atoms with Crippen molar-refractivity contribution in [2.75, 3.05) is 11.1 Å². The van der Waals surface area contributed by atoms with Gasteiger partial charge in [-0.1, -0.05) is 34.1 Å². The molecule has 0 spiro atoms. The van der Waals surface area contributed by atoms with Crippen molar-refractivity contribution in [3.8, 4) is 0 Å². The zero-order chi connectivity index (χ0) is 13.1. The zero-order valence-electron chi connectivity index (χ0n) is 11.0. The Morgan fingerprint density at radius 2 is 2.00 bits per heavy atom. The quantitative estimate of drug-likeness (QED) is 0.443. The summed E-state index contributed by atoms with van der Waals surface area (Å²) in [7, 11) is 0. The van der Waals surface area contributed by atoms with Crippen molar-refractivity contribution in [1.82, 2.24) is 4.98 Å². The molecule has 2 aromatic rings. The SMILES string of the molecule is BrCCCSc1c2c(nc3ccccc13)CCCC2. The Bertz CT molecular complexity index is 582. The zero-order valence-corrected chi connectivity index (χ0v) is 13.4. The highest BCUT2D eigenvalue weighted by Crippen LogP contribution is 2.36. The minimum absolute atomic E-state index is 1.09. The second-order valence-corrected chi connectivity index (χ2v) is 6.88. The van der Waals surface area contributed by atoms with Crippen LogP contribution in [0, 0.1) is 0 Å². The van der Waals surface area contributed by atoms with Gasteiger partial charge in [-0.15, -0.1) is 11.8 Å². The molecule has 0 fully saturated rings. The topological polar surface area (TPSA) is 12.9 Å². The number of thioether (sulfide) groups is 1. The third-order valence-electron chi connectivity index (χ3n) is 3.64. The Morgan fingerprint density at radius 3 is 2.89 bits per heavy atom. The van der Waals surface area contributed by atoms with Crippen LogP contribution < -0.4 is 0 Å². The van der Waals surface area contributed by atoms with Crippen LogP contribution >= 0.6 is 27.7 Å². The molecule has 1 aliphatic rings. The van der Waals surface area contributed by atoms with Crippen molar-refractivity contribution in [2.45, 2.75) is 37.0 Å². The first-order valence-corrected chi connectivity index (χ1v) is 9.10. The molecule has 1 heterocycles. The summed E-state index contributed by atoms with van der Waals surface area (Å²) in [5.74, 6) is 1.19. The normalized spacial score (nSPS) is 14.6. The van der Waals surface area contributed by atoms with Gasteiger partial charge in [0, 0.05) is 21.3 Å². The van der Waals surface area contributed by atoms with Crippen LogP contribution in [0.2, 0.25) is 0 Å². The maximum atomic E-state index is 4.88. The molecule has 0 N–H and O–H groups in total. The molecule has 100 valence electrons. The average molecular weight is 336 g/mol. The minimum atomic E-state index is 1.09. The number of aromatic nitrogens is 1. The van der Waals surface area contributed by atoms with E-state index in [1.54, 1.807) is 0 Å². The maximum absolute atomic E-state index is 4.88. The van der Waals surface area contributed by atoms with Crippen molar-refractivity contribution in [3.05, 3.63) is 35.5 Å². The molecule has 0 bridgehead atoms. The molecule has 1 aliphatic carbocycles. The lowest BCUT2D eigenvalue weighted by molar-refractivity contribution is 0.662. The highest BCUT2D eigenvalue weighted by atomic mass is 79.9. The van der Waals surface area contributed by atoms with E-state index in [4.69, 9.17) is 4.98 Å². The monoisotopic (exact) mass is 335 g/mol. The molecular formula is C16H18BrNS. The molecule has 1 aromatic carbocycles. The number of pyridine rings is 1. The number of aryl methyl sites for hydroxylation is 1. The second-order valence-electron chi connectivity index (χ2n) is 4.98. The average Bonchev–Trinajstić information content (AvgIpc) is 2.46. The standard InChI is InChI=1S/C16H18BrNS/c17-10-5-11-19-16-12-6-1-3-8-14(12)18-15-9-4-2-7-13(15)16/h1,3,6,8H,2,4-5,7,9-11H2. The molecule has 0 amide bonds. The first kappa shape index (κ1) is 13.4. The highest BCUT2D eigenvalue weighted by Gasteiger charge is 2.17. The summed E-state index contributed by atoms with van der Waals surface area (Å²) in [6.45, 7) is 0. The van der Waals surface area contributed by atoms with E-state index in [9.17, 15) is 0 Å². The molecule has 0 aliphatic heterocycles. The number of para-hydroxylation sites is 1. The summed E-state index contributed by atoms with van der Waals surface area (Å²) in [5, 5.41) is 2.44. The van der Waals surface area contributed by atoms with E-state index in [1.165, 1.54) is 58.5 Å². The number of hydrogen-bond acceptors (Lipinski definition) is 2. The lowest BCUT2D eigenvalue weighted by Crippen LogP contribution is -2.07. The van der Waals surface area contributed by atoms with E-state index in [1.807, 2.05) is 11.8 Å². The van der Waals surface area contributed by atoms with E-state index in [2.05, 4.69) is 40.2 Å². The van der Waals surface area contributed by atoms with Crippen molar-refractivity contribution in [2.24, 2.45) is 0 Å². The van der Waals surface area contributed by atoms with Crippen molar-refractivity contribution >= 4 is 38.6 Å². The van der Waals surface area contributed by atoms with E-state index in [-0.39, 0.29) is 0 Å². The van der Waals surface area contributed by atoms with Crippen LogP contribution in [0.25, 0.3) is 10.9 Å². The van der Waals surface area contributed by atoms with E-state index in [0.717, 1.165) is 11.8 Å². The Morgan fingerprint density at radius 1 is 1.16 bits per heavy atom. The highest BCUT2D eigenvalue weighted by molar-refractivity contribution is 9.09. The predicted molar refractivity (Wildman–Crippen MR) is 87.5 cm³/mol. The Labute approximate surface area is 127 Å². The van der Waals surface area contributed by atoms with Gasteiger partial charge < -0.3 is 0 Å². The summed E-state index contributed by atoms with van der Waals surface area (Å²) in [5.41, 5.74) is 4.06. The number of alkyl halides is 1. The van der Waals surface area contributed by atoms with E-state index < -0.39 is 0 Å². The summed E-state index contributed by atoms with van der Waals surface area (Å²) >= 11 is 5.54. The van der Waals surface area contributed by atoms with Crippen molar-refractivity contribution < 1.29 is 0 Å². The summed E-state index contributed by atoms with van der Waals surface area (Å²) in [6, 6.07) is 8.61. The Kier molecular flexibility index (Phi) is 4.44. The third-order valence-corrected chi connectivity index (χ3v) is 5.45. The van der Waals surface area contributed by atoms with Gasteiger partial charge in [-0.25, -0.2) is 0 Å². The number of halogens is 1. The van der Waals surface area contributed by atoms with E-state index >= 15 is 0 Å². The Balaban J connectivity index is 2.08. The number of fused-ring (bicyclic) bond motifs is 2. The van der Waals surface area contributed by atoms with Crippen molar-refractivity contribution in [1.29, 1.82) is 0 Å². The number of nitrogens with zero attached hydrogens (tertiary/aromatic N) is 1. The molecule has 0 saturated heterocycles. The lowest BCUT2D eigenvalue weighted by Gasteiger charge is -2.20. The number of hydrogen-bond donors (Lipinski definition) is 0. The molecule has 1 aromatic heterocycles. The van der Waals surface area contributed by atoms with Crippen LogP contribution in [0.1, 0.15) is 30.5 Å². The number of rotatable bonds is 4. The van der Waals surface area contributed by atoms with E-state index in [0.29, 0.717) is 0 Å². The predicted octanol–water partition coefficient (Wildman–Crippen LogP) is 4.99. The maximum Gasteiger partial charge on any atom is 0.0716 e. The van der Waals surface area contributed by atoms with Crippen LogP contribution in [0.3, 0.4) is 0 Å². The van der Waals surface area contributed by atoms with Crippen LogP contribution in [0.4, 0.5) is 0 Å². The molecule has 19 heavy (non-hydrogen) atoms. The first-order chi connectivity index (χ1) is 9.40. The summed E-state index contributed by atoms with van der Waals surface area (Å²) < 4.78 is 0. The largest absolute Gasteiger partial charge is 0.252 e. The van der Waals surface area contributed by atoms with Gasteiger partial charge >= 0.3 is 0 Å². The minimum Gasteiger partial charge on any atom is -0.252 e. The third kappa shape index (κ3) is 2.82. The molecule has 3 heteroatoms. The first-order valence-electron chi connectivity index (χ1n) is 6.99. The van der Waals surface area contributed by atoms with Gasteiger partial charge in [0.2, 0.25) is 0 Å². The fourth-order valence-corrected chi connectivity index (χ4v) is 4.59. The van der Waals surface area contributed by atoms with Crippen LogP contribution in [-0.2, 0) is 12.8 Å². The number of benzene rings is 1. The fraction of sp³-hybridized carbons (Fsp3) is 0.438. The van der Waals surface area contributed by atoms with Gasteiger partial charge in [-0.05, 0) is 49.5 Å². The van der Waals surface area contributed by atoms with Crippen LogP contribution in [0.5, 0.6) is 0 Å². The molecule has 0 saturated carbocycles. The smallest absolute Gasteiger partial charge is 0.0716 e. The van der Waals surface area contributed by atoms with Gasteiger partial charge in [0.1, 0.15) is 0 Å². The van der Waals surface area contributed by atoms with Gasteiger partial charge in [0.15, 0.2) is 0 Å². The summed E-state index contributed by atoms with van der Waals surface area (Å²) in [6.07, 6.45) is 6.20. The fourth-order valence-electron chi connectivity index (χ4n) is 2.72. The van der Waals surface area contributed by atoms with Gasteiger partial charge in [0.05, 0.1) is 5.52 Å². The summed E-state index contributed by atoms with van der Waals surface area (Å²) in [4.78, 5) is 6.38. The van der Waals surface area contributed by atoms with Crippen LogP contribution in [0.15, 0.2) is 29.2 Å². The lowest BCUT2D eigenvalue weighted by atomic mass is 9.94. The molecule has 0 atom stereocenters. The van der Waals surface area contributed by atoms with Crippen molar-refractivity contribution in [3.63, 3.8) is 0 Å². The molecule has 0 unspecified atom stereocenters. The van der Waals surface area contributed by atoms with Gasteiger partial charge in [-0.2, -0.15) is 0 Å². The van der Waals surface area contributed by atoms with Crippen LogP contribution in [-0.4, -0.2) is 16.1 Å². The molecular weight excluding hydrogens is 318 g/mol. The molecule has 0 radical (unpaired) electrons. The van der Waals surface area contributed by atoms with Gasteiger partial charge in [-0.3, -0.25) is 4.98 Å².